The summed E-state index contributed by atoms with van der Waals surface area (Å²) in [5.74, 6) is 0.494. The van der Waals surface area contributed by atoms with Crippen LogP contribution in [-0.2, 0) is 4.79 Å². The molecule has 0 bridgehead atoms. The van der Waals surface area contributed by atoms with Crippen molar-refractivity contribution in [2.75, 3.05) is 32.7 Å². The monoisotopic (exact) mass is 384 g/mol. The molecule has 2 aliphatic rings. The molecular weight excluding hydrogens is 360 g/mol. The molecule has 0 unspecified atom stereocenters. The average molecular weight is 385 g/mol. The fraction of sp³-hybridized carbons (Fsp3) is 0.476. The minimum atomic E-state index is 0.243. The molecule has 4 rings (SSSR count). The van der Waals surface area contributed by atoms with Crippen molar-refractivity contribution in [2.24, 2.45) is 0 Å². The van der Waals surface area contributed by atoms with Crippen molar-refractivity contribution in [3.63, 3.8) is 0 Å². The first-order valence-corrected chi connectivity index (χ1v) is 10.1. The molecule has 2 aromatic rings. The summed E-state index contributed by atoms with van der Waals surface area (Å²) in [6.45, 7) is 4.25. The number of halogens is 1. The van der Waals surface area contributed by atoms with E-state index in [1.807, 2.05) is 35.4 Å². The summed E-state index contributed by atoms with van der Waals surface area (Å²) in [6, 6.07) is 7.67. The minimum Gasteiger partial charge on any atom is -0.341 e. The second-order valence-electron chi connectivity index (χ2n) is 7.50. The second-order valence-corrected chi connectivity index (χ2v) is 7.94. The molecule has 1 atom stereocenters. The Morgan fingerprint density at radius 3 is 2.81 bits per heavy atom. The number of hydrogen-bond acceptors (Lipinski definition) is 4. The average Bonchev–Trinajstić information content (AvgIpc) is 3.21. The van der Waals surface area contributed by atoms with Crippen molar-refractivity contribution in [1.82, 2.24) is 19.8 Å². The SMILES string of the molecule is O=C(CN1CCCC1)N1CCC[C@H](c2cncc(-c3cccc(Cl)c3)n2)C1. The van der Waals surface area contributed by atoms with Gasteiger partial charge in [-0.3, -0.25) is 14.7 Å². The maximum Gasteiger partial charge on any atom is 0.236 e. The third-order valence-corrected chi connectivity index (χ3v) is 5.76. The second kappa shape index (κ2) is 8.36. The number of aromatic nitrogens is 2. The van der Waals surface area contributed by atoms with Crippen LogP contribution in [0.3, 0.4) is 0 Å². The van der Waals surface area contributed by atoms with Gasteiger partial charge < -0.3 is 4.90 Å². The third-order valence-electron chi connectivity index (χ3n) is 5.52. The molecule has 1 aromatic heterocycles. The Morgan fingerprint density at radius 2 is 2.00 bits per heavy atom. The molecule has 2 aliphatic heterocycles. The Bertz CT molecular complexity index is 806. The molecule has 1 aromatic carbocycles. The fourth-order valence-corrected chi connectivity index (χ4v) is 4.23. The Balaban J connectivity index is 1.46. The van der Waals surface area contributed by atoms with Crippen molar-refractivity contribution in [1.29, 1.82) is 0 Å². The van der Waals surface area contributed by atoms with Crippen molar-refractivity contribution in [3.05, 3.63) is 47.4 Å². The van der Waals surface area contributed by atoms with E-state index in [0.29, 0.717) is 11.6 Å². The summed E-state index contributed by atoms with van der Waals surface area (Å²) in [6.07, 6.45) is 8.09. The van der Waals surface area contributed by atoms with E-state index in [9.17, 15) is 4.79 Å². The lowest BCUT2D eigenvalue weighted by Gasteiger charge is -2.33. The molecule has 0 N–H and O–H groups in total. The van der Waals surface area contributed by atoms with Crippen LogP contribution in [-0.4, -0.2) is 58.4 Å². The van der Waals surface area contributed by atoms with Gasteiger partial charge in [0.1, 0.15) is 0 Å². The molecule has 142 valence electrons. The summed E-state index contributed by atoms with van der Waals surface area (Å²) in [7, 11) is 0. The van der Waals surface area contributed by atoms with Crippen LogP contribution in [0.15, 0.2) is 36.7 Å². The fourth-order valence-electron chi connectivity index (χ4n) is 4.04. The molecule has 27 heavy (non-hydrogen) atoms. The first-order chi connectivity index (χ1) is 13.2. The van der Waals surface area contributed by atoms with Gasteiger partial charge in [0.25, 0.3) is 0 Å². The highest BCUT2D eigenvalue weighted by atomic mass is 35.5. The number of amides is 1. The number of hydrogen-bond donors (Lipinski definition) is 0. The van der Waals surface area contributed by atoms with Gasteiger partial charge >= 0.3 is 0 Å². The van der Waals surface area contributed by atoms with Crippen LogP contribution < -0.4 is 0 Å². The number of carbonyl (C=O) groups excluding carboxylic acids is 1. The van der Waals surface area contributed by atoms with E-state index >= 15 is 0 Å². The van der Waals surface area contributed by atoms with Crippen LogP contribution in [0.25, 0.3) is 11.3 Å². The van der Waals surface area contributed by atoms with E-state index in [1.165, 1.54) is 12.8 Å². The van der Waals surface area contributed by atoms with Gasteiger partial charge in [0.15, 0.2) is 0 Å². The summed E-state index contributed by atoms with van der Waals surface area (Å²) in [5.41, 5.74) is 2.76. The minimum absolute atomic E-state index is 0.243. The highest BCUT2D eigenvalue weighted by molar-refractivity contribution is 6.30. The number of piperidine rings is 1. The molecule has 0 spiro atoms. The highest BCUT2D eigenvalue weighted by Gasteiger charge is 2.27. The van der Waals surface area contributed by atoms with E-state index in [4.69, 9.17) is 16.6 Å². The number of carbonyl (C=O) groups is 1. The summed E-state index contributed by atoms with van der Waals surface area (Å²) in [4.78, 5) is 26.2. The van der Waals surface area contributed by atoms with Crippen molar-refractivity contribution < 1.29 is 4.79 Å². The maximum atomic E-state index is 12.7. The van der Waals surface area contributed by atoms with Crippen molar-refractivity contribution in [2.45, 2.75) is 31.6 Å². The molecule has 2 fully saturated rings. The number of likely N-dealkylation sites (tertiary alicyclic amines) is 2. The van der Waals surface area contributed by atoms with Gasteiger partial charge in [-0.1, -0.05) is 23.7 Å². The van der Waals surface area contributed by atoms with Gasteiger partial charge in [0.05, 0.1) is 24.1 Å². The van der Waals surface area contributed by atoms with Crippen LogP contribution in [0.1, 0.15) is 37.3 Å². The zero-order valence-corrected chi connectivity index (χ0v) is 16.2. The number of rotatable bonds is 4. The summed E-state index contributed by atoms with van der Waals surface area (Å²) < 4.78 is 0. The van der Waals surface area contributed by atoms with Gasteiger partial charge in [-0.05, 0) is 50.9 Å². The topological polar surface area (TPSA) is 49.3 Å². The van der Waals surface area contributed by atoms with E-state index in [0.717, 1.165) is 56.0 Å². The zero-order chi connectivity index (χ0) is 18.6. The molecule has 0 radical (unpaired) electrons. The smallest absolute Gasteiger partial charge is 0.236 e. The van der Waals surface area contributed by atoms with Crippen LogP contribution in [0.2, 0.25) is 5.02 Å². The maximum absolute atomic E-state index is 12.7. The Hall–Kier alpha value is -1.98. The predicted molar refractivity (Wildman–Crippen MR) is 107 cm³/mol. The molecule has 3 heterocycles. The van der Waals surface area contributed by atoms with Crippen LogP contribution in [0.4, 0.5) is 0 Å². The normalized spacial score (nSPS) is 20.8. The predicted octanol–water partition coefficient (Wildman–Crippen LogP) is 3.60. The Kier molecular flexibility index (Phi) is 5.69. The zero-order valence-electron chi connectivity index (χ0n) is 15.5. The quantitative estimate of drug-likeness (QED) is 0.808. The molecule has 1 amide bonds. The van der Waals surface area contributed by atoms with E-state index in [-0.39, 0.29) is 11.8 Å². The van der Waals surface area contributed by atoms with Gasteiger partial charge in [0.2, 0.25) is 5.91 Å². The summed E-state index contributed by atoms with van der Waals surface area (Å²) >= 11 is 6.11. The van der Waals surface area contributed by atoms with Crippen LogP contribution in [0, 0.1) is 0 Å². The molecule has 0 saturated carbocycles. The third kappa shape index (κ3) is 4.47. The van der Waals surface area contributed by atoms with E-state index in [1.54, 1.807) is 6.20 Å². The van der Waals surface area contributed by atoms with Crippen LogP contribution >= 0.6 is 11.6 Å². The van der Waals surface area contributed by atoms with E-state index < -0.39 is 0 Å². The summed E-state index contributed by atoms with van der Waals surface area (Å²) in [5, 5.41) is 0.691. The lowest BCUT2D eigenvalue weighted by atomic mass is 9.94. The Labute approximate surface area is 165 Å². The molecular formula is C21H25ClN4O. The first kappa shape index (κ1) is 18.4. The van der Waals surface area contributed by atoms with E-state index in [2.05, 4.69) is 9.88 Å². The highest BCUT2D eigenvalue weighted by Crippen LogP contribution is 2.28. The Morgan fingerprint density at radius 1 is 1.15 bits per heavy atom. The van der Waals surface area contributed by atoms with Crippen molar-refractivity contribution in [3.8, 4) is 11.3 Å². The standard InChI is InChI=1S/C21H25ClN4O/c22-18-7-3-5-16(11-18)19-12-23-13-20(24-19)17-6-4-10-26(14-17)21(27)15-25-8-1-2-9-25/h3,5,7,11-13,17H,1-2,4,6,8-10,14-15H2/t17-/m0/s1. The van der Waals surface area contributed by atoms with Gasteiger partial charge in [-0.2, -0.15) is 0 Å². The number of nitrogens with zero attached hydrogens (tertiary/aromatic N) is 4. The van der Waals surface area contributed by atoms with Gasteiger partial charge in [-0.25, -0.2) is 4.98 Å². The van der Waals surface area contributed by atoms with Crippen LogP contribution in [0.5, 0.6) is 0 Å². The first-order valence-electron chi connectivity index (χ1n) is 9.77. The van der Waals surface area contributed by atoms with Gasteiger partial charge in [0, 0.05) is 35.8 Å². The lowest BCUT2D eigenvalue weighted by molar-refractivity contribution is -0.133. The number of benzene rings is 1. The molecule has 6 heteroatoms. The molecule has 5 nitrogen and oxygen atoms in total. The largest absolute Gasteiger partial charge is 0.341 e. The van der Waals surface area contributed by atoms with Crippen molar-refractivity contribution >= 4 is 17.5 Å². The lowest BCUT2D eigenvalue weighted by Crippen LogP contribution is -2.44. The molecule has 0 aliphatic carbocycles. The molecule has 2 saturated heterocycles. The van der Waals surface area contributed by atoms with Gasteiger partial charge in [-0.15, -0.1) is 0 Å².